The van der Waals surface area contributed by atoms with Crippen molar-refractivity contribution >= 4 is 29.5 Å². The molecule has 2 aromatic carbocycles. The van der Waals surface area contributed by atoms with Gasteiger partial charge in [0.05, 0.1) is 6.21 Å². The Labute approximate surface area is 196 Å². The summed E-state index contributed by atoms with van der Waals surface area (Å²) in [5.41, 5.74) is 9.46. The van der Waals surface area contributed by atoms with Crippen LogP contribution in [0, 0.1) is 5.82 Å². The molecule has 0 aliphatic heterocycles. The number of hydrogen-bond donors (Lipinski definition) is 3. The molecule has 0 aliphatic carbocycles. The zero-order valence-corrected chi connectivity index (χ0v) is 18.2. The first-order valence-electron chi connectivity index (χ1n) is 10.0. The minimum atomic E-state index is -0.685. The zero-order valence-electron chi connectivity index (χ0n) is 18.2. The summed E-state index contributed by atoms with van der Waals surface area (Å²) in [5, 5.41) is 21.5. The van der Waals surface area contributed by atoms with E-state index in [0.29, 0.717) is 17.0 Å². The van der Waals surface area contributed by atoms with Crippen LogP contribution in [0.1, 0.15) is 28.7 Å². The number of amides is 2. The Bertz CT molecular complexity index is 1360. The highest BCUT2D eigenvalue weighted by Gasteiger charge is 2.24. The Morgan fingerprint density at radius 2 is 1.91 bits per heavy atom. The van der Waals surface area contributed by atoms with Crippen LogP contribution in [0.4, 0.5) is 15.9 Å². The van der Waals surface area contributed by atoms with E-state index in [4.69, 9.17) is 10.5 Å². The van der Waals surface area contributed by atoms with E-state index in [9.17, 15) is 14.0 Å². The maximum Gasteiger partial charge on any atom is 0.293 e. The number of hydrogen-bond acceptors (Lipinski definition) is 10. The number of nitrogens with zero attached hydrogens (tertiary/aromatic N) is 6. The van der Waals surface area contributed by atoms with Crippen molar-refractivity contribution in [2.45, 2.75) is 13.5 Å². The smallest absolute Gasteiger partial charge is 0.293 e. The fourth-order valence-electron chi connectivity index (χ4n) is 2.87. The molecular formula is C21H18FN9O4. The second-order valence-electron chi connectivity index (χ2n) is 7.01. The first-order chi connectivity index (χ1) is 16.9. The highest BCUT2D eigenvalue weighted by molar-refractivity contribution is 5.94. The molecule has 2 heterocycles. The summed E-state index contributed by atoms with van der Waals surface area (Å²) in [6, 6.07) is 12.1. The molecule has 0 fully saturated rings. The molecule has 14 heteroatoms. The van der Waals surface area contributed by atoms with Gasteiger partial charge in [0.1, 0.15) is 23.9 Å². The largest absolute Gasteiger partial charge is 0.487 e. The molecule has 35 heavy (non-hydrogen) atoms. The van der Waals surface area contributed by atoms with Gasteiger partial charge in [-0.3, -0.25) is 9.59 Å². The van der Waals surface area contributed by atoms with Crippen LogP contribution in [0.25, 0.3) is 5.82 Å². The molecule has 0 aliphatic rings. The number of aromatic nitrogens is 5. The maximum atomic E-state index is 13.2. The summed E-state index contributed by atoms with van der Waals surface area (Å²) < 4.78 is 24.6. The van der Waals surface area contributed by atoms with Crippen LogP contribution < -0.4 is 21.2 Å². The lowest BCUT2D eigenvalue weighted by atomic mass is 10.2. The predicted molar refractivity (Wildman–Crippen MR) is 120 cm³/mol. The first kappa shape index (κ1) is 23.0. The fraction of sp³-hybridized carbons (Fsp3) is 0.0952. The minimum absolute atomic E-state index is 0.0111. The number of nitrogens with one attached hydrogen (secondary N) is 2. The average Bonchev–Trinajstić information content (AvgIpc) is 3.45. The number of carbonyl (C=O) groups excluding carboxylic acids is 2. The standard InChI is InChI=1S/C21H18FN9O4/c1-12(32)25-15-6-2-13(3-7-15)10-24-27-21(33)18-17(11-34-16-8-4-14(22)5-9-16)31(30-26-18)20-19(23)28-35-29-20/h2-10H,11H2,1H3,(H2,23,28)(H,25,32)(H,27,33)/b24-10-. The Morgan fingerprint density at radius 1 is 1.17 bits per heavy atom. The molecule has 0 radical (unpaired) electrons. The molecule has 0 bridgehead atoms. The van der Waals surface area contributed by atoms with E-state index in [-0.39, 0.29) is 35.5 Å². The topological polar surface area (TPSA) is 175 Å². The lowest BCUT2D eigenvalue weighted by Gasteiger charge is -2.08. The molecule has 0 spiro atoms. The number of anilines is 2. The normalized spacial score (nSPS) is 10.9. The van der Waals surface area contributed by atoms with Gasteiger partial charge in [-0.05, 0) is 52.3 Å². The Morgan fingerprint density at radius 3 is 2.57 bits per heavy atom. The van der Waals surface area contributed by atoms with E-state index in [1.54, 1.807) is 24.3 Å². The number of benzene rings is 2. The van der Waals surface area contributed by atoms with Crippen LogP contribution in [-0.2, 0) is 11.4 Å². The van der Waals surface area contributed by atoms with Crippen molar-refractivity contribution in [1.82, 2.24) is 30.7 Å². The number of nitrogen functional groups attached to an aromatic ring is 1. The van der Waals surface area contributed by atoms with Crippen molar-refractivity contribution in [1.29, 1.82) is 0 Å². The number of rotatable bonds is 8. The summed E-state index contributed by atoms with van der Waals surface area (Å²) in [6.07, 6.45) is 1.41. The Kier molecular flexibility index (Phi) is 6.71. The van der Waals surface area contributed by atoms with Crippen molar-refractivity contribution in [3.8, 4) is 11.6 Å². The third kappa shape index (κ3) is 5.62. The van der Waals surface area contributed by atoms with Crippen LogP contribution in [0.15, 0.2) is 58.3 Å². The summed E-state index contributed by atoms with van der Waals surface area (Å²) in [7, 11) is 0. The van der Waals surface area contributed by atoms with Crippen LogP contribution in [-0.4, -0.2) is 43.3 Å². The van der Waals surface area contributed by atoms with Gasteiger partial charge in [-0.2, -0.15) is 9.78 Å². The fourth-order valence-corrected chi connectivity index (χ4v) is 2.87. The number of halogens is 1. The van der Waals surface area contributed by atoms with Crippen molar-refractivity contribution < 1.29 is 23.3 Å². The highest BCUT2D eigenvalue weighted by Crippen LogP contribution is 2.19. The van der Waals surface area contributed by atoms with E-state index >= 15 is 0 Å². The highest BCUT2D eigenvalue weighted by atomic mass is 19.1. The van der Waals surface area contributed by atoms with Gasteiger partial charge < -0.3 is 15.8 Å². The maximum absolute atomic E-state index is 13.2. The van der Waals surface area contributed by atoms with Crippen molar-refractivity contribution in [3.05, 3.63) is 71.3 Å². The summed E-state index contributed by atoms with van der Waals surface area (Å²) in [6.45, 7) is 1.22. The molecule has 0 atom stereocenters. The quantitative estimate of drug-likeness (QED) is 0.251. The minimum Gasteiger partial charge on any atom is -0.487 e. The molecule has 0 saturated carbocycles. The van der Waals surface area contributed by atoms with Crippen LogP contribution in [0.5, 0.6) is 5.75 Å². The van der Waals surface area contributed by atoms with Gasteiger partial charge in [0, 0.05) is 12.6 Å². The number of hydrazone groups is 1. The van der Waals surface area contributed by atoms with Crippen LogP contribution in [0.3, 0.4) is 0 Å². The monoisotopic (exact) mass is 479 g/mol. The van der Waals surface area contributed by atoms with Crippen molar-refractivity contribution in [2.75, 3.05) is 11.1 Å². The van der Waals surface area contributed by atoms with Gasteiger partial charge in [0.15, 0.2) is 5.69 Å². The van der Waals surface area contributed by atoms with Crippen molar-refractivity contribution in [2.24, 2.45) is 5.10 Å². The molecule has 13 nitrogen and oxygen atoms in total. The van der Waals surface area contributed by atoms with E-state index < -0.39 is 11.7 Å². The van der Waals surface area contributed by atoms with E-state index in [1.807, 2.05) is 0 Å². The van der Waals surface area contributed by atoms with E-state index in [1.165, 1.54) is 37.4 Å². The average molecular weight is 479 g/mol. The van der Waals surface area contributed by atoms with Gasteiger partial charge in [-0.15, -0.1) is 5.10 Å². The van der Waals surface area contributed by atoms with Gasteiger partial charge in [-0.1, -0.05) is 17.3 Å². The summed E-state index contributed by atoms with van der Waals surface area (Å²) >= 11 is 0. The molecule has 4 N–H and O–H groups in total. The lowest BCUT2D eigenvalue weighted by molar-refractivity contribution is -0.114. The molecule has 0 saturated heterocycles. The molecule has 4 aromatic rings. The number of carbonyl (C=O) groups is 2. The molecule has 2 amide bonds. The van der Waals surface area contributed by atoms with Crippen LogP contribution in [0.2, 0.25) is 0 Å². The van der Waals surface area contributed by atoms with Gasteiger partial charge in [-0.25, -0.2) is 14.4 Å². The second kappa shape index (κ2) is 10.2. The molecule has 0 unspecified atom stereocenters. The van der Waals surface area contributed by atoms with E-state index in [2.05, 4.69) is 41.1 Å². The van der Waals surface area contributed by atoms with Gasteiger partial charge in [0.2, 0.25) is 17.5 Å². The number of ether oxygens (including phenoxy) is 1. The van der Waals surface area contributed by atoms with Crippen LogP contribution >= 0.6 is 0 Å². The zero-order chi connectivity index (χ0) is 24.8. The summed E-state index contributed by atoms with van der Waals surface area (Å²) in [4.78, 5) is 23.9. The van der Waals surface area contributed by atoms with Gasteiger partial charge in [0.25, 0.3) is 5.91 Å². The Hall–Kier alpha value is -5.14. The van der Waals surface area contributed by atoms with Gasteiger partial charge >= 0.3 is 0 Å². The lowest BCUT2D eigenvalue weighted by Crippen LogP contribution is -2.21. The Balaban J connectivity index is 1.51. The molecule has 178 valence electrons. The number of nitrogens with two attached hydrogens (primary N) is 1. The van der Waals surface area contributed by atoms with Crippen molar-refractivity contribution in [3.63, 3.8) is 0 Å². The SMILES string of the molecule is CC(=O)Nc1ccc(/C=N\NC(=O)c2nnn(-c3nonc3N)c2COc2ccc(F)cc2)cc1. The molecule has 2 aromatic heterocycles. The van der Waals surface area contributed by atoms with E-state index in [0.717, 1.165) is 4.68 Å². The third-order valence-corrected chi connectivity index (χ3v) is 4.47. The third-order valence-electron chi connectivity index (χ3n) is 4.47. The summed E-state index contributed by atoms with van der Waals surface area (Å²) in [5.74, 6) is -1.02. The first-order valence-corrected chi connectivity index (χ1v) is 10.0. The second-order valence-corrected chi connectivity index (χ2v) is 7.01. The predicted octanol–water partition coefficient (Wildman–Crippen LogP) is 1.67. The molecule has 4 rings (SSSR count). The molecular weight excluding hydrogens is 461 g/mol.